The Kier molecular flexibility index (Phi) is 3.73. The Hall–Kier alpha value is -3.57. The number of nitrogens with zero attached hydrogens (tertiary/aromatic N) is 4. The van der Waals surface area contributed by atoms with Crippen LogP contribution in [0.5, 0.6) is 0 Å². The third-order valence-electron chi connectivity index (χ3n) is 6.32. The minimum atomic E-state index is -0.155. The summed E-state index contributed by atoms with van der Waals surface area (Å²) in [6.45, 7) is 0. The van der Waals surface area contributed by atoms with E-state index in [0.717, 1.165) is 51.9 Å². The number of aromatic nitrogens is 4. The van der Waals surface area contributed by atoms with E-state index in [0.29, 0.717) is 0 Å². The van der Waals surface area contributed by atoms with E-state index in [1.165, 1.54) is 12.0 Å². The molecule has 0 saturated heterocycles. The van der Waals surface area contributed by atoms with Gasteiger partial charge in [-0.15, -0.1) is 10.2 Å². The summed E-state index contributed by atoms with van der Waals surface area (Å²) < 4.78 is 1.98. The molecule has 0 spiro atoms. The van der Waals surface area contributed by atoms with Crippen molar-refractivity contribution in [3.8, 4) is 22.4 Å². The van der Waals surface area contributed by atoms with Crippen LogP contribution in [0, 0.1) is 0 Å². The van der Waals surface area contributed by atoms with Gasteiger partial charge in [0.2, 0.25) is 0 Å². The third kappa shape index (κ3) is 2.63. The Morgan fingerprint density at radius 3 is 2.40 bits per heavy atom. The molecule has 3 aromatic heterocycles. The molecular weight excluding hydrogens is 370 g/mol. The maximum absolute atomic E-state index is 6.52. The van der Waals surface area contributed by atoms with Crippen molar-refractivity contribution in [1.29, 1.82) is 0 Å². The van der Waals surface area contributed by atoms with Gasteiger partial charge >= 0.3 is 0 Å². The molecule has 0 amide bonds. The topological polar surface area (TPSA) is 69.1 Å². The van der Waals surface area contributed by atoms with Crippen molar-refractivity contribution in [2.45, 2.75) is 24.8 Å². The van der Waals surface area contributed by atoms with E-state index in [9.17, 15) is 0 Å². The number of benzene rings is 2. The van der Waals surface area contributed by atoms with E-state index in [4.69, 9.17) is 10.7 Å². The first-order valence-corrected chi connectivity index (χ1v) is 10.3. The van der Waals surface area contributed by atoms with Crippen molar-refractivity contribution in [1.82, 2.24) is 19.6 Å². The number of nitrogens with two attached hydrogens (primary N) is 1. The van der Waals surface area contributed by atoms with Crippen LogP contribution >= 0.6 is 0 Å². The summed E-state index contributed by atoms with van der Waals surface area (Å²) in [6.07, 6.45) is 5.07. The summed E-state index contributed by atoms with van der Waals surface area (Å²) >= 11 is 0. The van der Waals surface area contributed by atoms with Crippen LogP contribution in [-0.2, 0) is 5.54 Å². The van der Waals surface area contributed by atoms with Crippen LogP contribution in [0.2, 0.25) is 0 Å². The lowest BCUT2D eigenvalue weighted by Crippen LogP contribution is -2.43. The summed E-state index contributed by atoms with van der Waals surface area (Å²) in [4.78, 5) is 5.07. The second kappa shape index (κ2) is 6.47. The molecule has 3 heterocycles. The Bertz CT molecular complexity index is 1370. The number of fused-ring (bicyclic) bond motifs is 3. The van der Waals surface area contributed by atoms with Gasteiger partial charge in [0.25, 0.3) is 0 Å². The highest BCUT2D eigenvalue weighted by Gasteiger charge is 2.34. The average molecular weight is 391 g/mol. The largest absolute Gasteiger partial charge is 0.321 e. The maximum Gasteiger partial charge on any atom is 0.161 e. The lowest BCUT2D eigenvalue weighted by Gasteiger charge is -2.38. The van der Waals surface area contributed by atoms with Crippen molar-refractivity contribution in [2.24, 2.45) is 5.73 Å². The van der Waals surface area contributed by atoms with Gasteiger partial charge in [0.15, 0.2) is 5.65 Å². The molecule has 30 heavy (non-hydrogen) atoms. The highest BCUT2D eigenvalue weighted by atomic mass is 15.2. The van der Waals surface area contributed by atoms with E-state index in [2.05, 4.69) is 64.8 Å². The Morgan fingerprint density at radius 1 is 0.867 bits per heavy atom. The summed E-state index contributed by atoms with van der Waals surface area (Å²) in [5, 5.41) is 8.23. The fourth-order valence-corrected chi connectivity index (χ4v) is 4.39. The summed E-state index contributed by atoms with van der Waals surface area (Å²) in [7, 11) is 0. The molecule has 5 aromatic rings. The number of pyridine rings is 2. The Balaban J connectivity index is 1.57. The molecule has 5 nitrogen and oxygen atoms in total. The SMILES string of the molecule is NC1(c2ccc(-c3nc4ccc5nncn5c4cc3-c3ccccc3)cc2)CCC1. The third-order valence-corrected chi connectivity index (χ3v) is 6.32. The maximum atomic E-state index is 6.52. The zero-order valence-electron chi connectivity index (χ0n) is 16.5. The molecule has 0 atom stereocenters. The van der Waals surface area contributed by atoms with Crippen molar-refractivity contribution < 1.29 is 0 Å². The zero-order chi connectivity index (χ0) is 20.1. The fraction of sp³-hybridized carbons (Fsp3) is 0.160. The average Bonchev–Trinajstić information content (AvgIpc) is 3.27. The van der Waals surface area contributed by atoms with E-state index in [1.807, 2.05) is 22.6 Å². The smallest absolute Gasteiger partial charge is 0.161 e. The van der Waals surface area contributed by atoms with E-state index >= 15 is 0 Å². The number of rotatable bonds is 3. The number of hydrogen-bond donors (Lipinski definition) is 1. The van der Waals surface area contributed by atoms with Crippen LogP contribution < -0.4 is 5.73 Å². The summed E-state index contributed by atoms with van der Waals surface area (Å²) in [6, 6.07) is 25.2. The predicted octanol–water partition coefficient (Wildman–Crippen LogP) is 4.95. The molecule has 1 aliphatic rings. The fourth-order valence-electron chi connectivity index (χ4n) is 4.39. The van der Waals surface area contributed by atoms with Gasteiger partial charge in [0.1, 0.15) is 6.33 Å². The lowest BCUT2D eigenvalue weighted by molar-refractivity contribution is 0.253. The molecule has 0 radical (unpaired) electrons. The molecule has 6 rings (SSSR count). The lowest BCUT2D eigenvalue weighted by atomic mass is 9.72. The molecular formula is C25H21N5. The quantitative estimate of drug-likeness (QED) is 0.472. The summed E-state index contributed by atoms with van der Waals surface area (Å²) in [5.74, 6) is 0. The van der Waals surface area contributed by atoms with Crippen LogP contribution in [0.1, 0.15) is 24.8 Å². The second-order valence-electron chi connectivity index (χ2n) is 8.13. The molecule has 0 aliphatic heterocycles. The molecule has 146 valence electrons. The van der Waals surface area contributed by atoms with Crippen LogP contribution in [0.3, 0.4) is 0 Å². The first kappa shape index (κ1) is 17.3. The monoisotopic (exact) mass is 391 g/mol. The van der Waals surface area contributed by atoms with Crippen LogP contribution in [-0.4, -0.2) is 19.6 Å². The van der Waals surface area contributed by atoms with Gasteiger partial charge in [-0.2, -0.15) is 0 Å². The molecule has 1 saturated carbocycles. The second-order valence-corrected chi connectivity index (χ2v) is 8.13. The van der Waals surface area contributed by atoms with Gasteiger partial charge in [-0.1, -0.05) is 54.6 Å². The van der Waals surface area contributed by atoms with Crippen LogP contribution in [0.4, 0.5) is 0 Å². The molecule has 1 aliphatic carbocycles. The van der Waals surface area contributed by atoms with E-state index < -0.39 is 0 Å². The molecule has 1 fully saturated rings. The van der Waals surface area contributed by atoms with Crippen molar-refractivity contribution >= 4 is 16.7 Å². The molecule has 0 bridgehead atoms. The van der Waals surface area contributed by atoms with Gasteiger partial charge < -0.3 is 5.73 Å². The summed E-state index contributed by atoms with van der Waals surface area (Å²) in [5.41, 5.74) is 14.6. The van der Waals surface area contributed by atoms with Crippen molar-refractivity contribution in [3.63, 3.8) is 0 Å². The molecule has 0 unspecified atom stereocenters. The highest BCUT2D eigenvalue weighted by Crippen LogP contribution is 2.40. The minimum Gasteiger partial charge on any atom is -0.321 e. The molecule has 2 N–H and O–H groups in total. The Morgan fingerprint density at radius 2 is 1.67 bits per heavy atom. The normalized spacial score (nSPS) is 15.4. The van der Waals surface area contributed by atoms with Crippen LogP contribution in [0.25, 0.3) is 39.1 Å². The van der Waals surface area contributed by atoms with Crippen LogP contribution in [0.15, 0.2) is 79.1 Å². The standard InChI is InChI=1S/C25H21N5/c26-25(13-4-14-25)19-9-7-18(8-10-19)24-20(17-5-2-1-3-6-17)15-22-21(28-24)11-12-23-29-27-16-30(22)23/h1-3,5-12,15-16H,4,13-14,26H2. The molecule has 5 heteroatoms. The Labute approximate surface area is 174 Å². The first-order chi connectivity index (χ1) is 14.7. The first-order valence-electron chi connectivity index (χ1n) is 10.3. The predicted molar refractivity (Wildman–Crippen MR) is 119 cm³/mol. The van der Waals surface area contributed by atoms with Gasteiger partial charge in [-0.25, -0.2) is 4.98 Å². The zero-order valence-corrected chi connectivity index (χ0v) is 16.5. The van der Waals surface area contributed by atoms with Gasteiger partial charge in [0, 0.05) is 16.7 Å². The van der Waals surface area contributed by atoms with E-state index in [1.54, 1.807) is 6.33 Å². The van der Waals surface area contributed by atoms with Gasteiger partial charge in [-0.05, 0) is 48.6 Å². The minimum absolute atomic E-state index is 0.155. The van der Waals surface area contributed by atoms with E-state index in [-0.39, 0.29) is 5.54 Å². The molecule has 2 aromatic carbocycles. The number of hydrogen-bond acceptors (Lipinski definition) is 4. The van der Waals surface area contributed by atoms with Crippen molar-refractivity contribution in [3.05, 3.63) is 84.7 Å². The van der Waals surface area contributed by atoms with Crippen molar-refractivity contribution in [2.75, 3.05) is 0 Å². The van der Waals surface area contributed by atoms with Gasteiger partial charge in [-0.3, -0.25) is 4.40 Å². The van der Waals surface area contributed by atoms with Gasteiger partial charge in [0.05, 0.1) is 16.7 Å². The highest BCUT2D eigenvalue weighted by molar-refractivity contribution is 5.91.